The molecular weight excluding hydrogens is 453 g/mol. The third-order valence-corrected chi connectivity index (χ3v) is 5.74. The Hall–Kier alpha value is -4.71. The molecule has 0 N–H and O–H groups in total. The van der Waals surface area contributed by atoms with Gasteiger partial charge in [-0.3, -0.25) is 4.79 Å². The quantitative estimate of drug-likeness (QED) is 0.239. The minimum Gasteiger partial charge on any atom is -0.467 e. The second-order valence-corrected chi connectivity index (χ2v) is 8.31. The Balaban J connectivity index is 1.46. The van der Waals surface area contributed by atoms with Gasteiger partial charge in [0.05, 0.1) is 24.2 Å². The van der Waals surface area contributed by atoms with Gasteiger partial charge in [-0.05, 0) is 60.2 Å². The van der Waals surface area contributed by atoms with E-state index in [0.717, 1.165) is 22.4 Å². The number of nitrogens with zero attached hydrogens (tertiary/aromatic N) is 3. The van der Waals surface area contributed by atoms with E-state index in [1.807, 2.05) is 79.0 Å². The van der Waals surface area contributed by atoms with Crippen molar-refractivity contribution in [1.29, 1.82) is 0 Å². The molecule has 0 aliphatic heterocycles. The zero-order valence-corrected chi connectivity index (χ0v) is 19.5. The van der Waals surface area contributed by atoms with E-state index < -0.39 is 0 Å². The summed E-state index contributed by atoms with van der Waals surface area (Å²) in [6, 6.07) is 29.4. The van der Waals surface area contributed by atoms with Gasteiger partial charge < -0.3 is 9.32 Å². The van der Waals surface area contributed by atoms with Crippen molar-refractivity contribution in [1.82, 2.24) is 14.7 Å². The number of para-hydroxylation sites is 1. The molecule has 5 rings (SSSR count). The van der Waals surface area contributed by atoms with Gasteiger partial charge in [-0.25, -0.2) is 9.07 Å². The maximum atomic E-state index is 13.6. The van der Waals surface area contributed by atoms with Crippen molar-refractivity contribution in [2.75, 3.05) is 0 Å². The largest absolute Gasteiger partial charge is 0.467 e. The summed E-state index contributed by atoms with van der Waals surface area (Å²) in [5.74, 6) is 0.229. The van der Waals surface area contributed by atoms with Crippen molar-refractivity contribution in [2.24, 2.45) is 0 Å². The number of hydrogen-bond acceptors (Lipinski definition) is 3. The molecule has 0 radical (unpaired) electrons. The lowest BCUT2D eigenvalue weighted by Crippen LogP contribution is -2.28. The van der Waals surface area contributed by atoms with Crippen LogP contribution in [0.25, 0.3) is 23.0 Å². The van der Waals surface area contributed by atoms with Crippen LogP contribution < -0.4 is 0 Å². The maximum absolute atomic E-state index is 13.6. The fourth-order valence-corrected chi connectivity index (χ4v) is 3.93. The SMILES string of the molecule is O=C(/C=C/c1cn(-c2ccccc2)nc1-c1ccc(F)cc1)N(Cc1ccccc1)Cc1ccco1. The van der Waals surface area contributed by atoms with E-state index in [1.165, 1.54) is 12.1 Å². The first-order chi connectivity index (χ1) is 17.7. The van der Waals surface area contributed by atoms with Crippen molar-refractivity contribution in [2.45, 2.75) is 13.1 Å². The van der Waals surface area contributed by atoms with Crippen molar-refractivity contribution >= 4 is 12.0 Å². The first-order valence-corrected chi connectivity index (χ1v) is 11.6. The molecule has 0 saturated heterocycles. The molecule has 3 aromatic carbocycles. The van der Waals surface area contributed by atoms with Crippen LogP contribution in [0.2, 0.25) is 0 Å². The number of amides is 1. The van der Waals surface area contributed by atoms with E-state index in [1.54, 1.807) is 40.1 Å². The number of carbonyl (C=O) groups is 1. The average Bonchev–Trinajstić information content (AvgIpc) is 3.59. The number of hydrogen-bond donors (Lipinski definition) is 0. The molecule has 2 aromatic heterocycles. The van der Waals surface area contributed by atoms with Crippen LogP contribution in [0.15, 0.2) is 120 Å². The lowest BCUT2D eigenvalue weighted by Gasteiger charge is -2.20. The Kier molecular flexibility index (Phi) is 6.85. The molecule has 178 valence electrons. The molecule has 0 unspecified atom stereocenters. The Morgan fingerprint density at radius 2 is 1.61 bits per heavy atom. The average molecular weight is 478 g/mol. The Morgan fingerprint density at radius 3 is 2.31 bits per heavy atom. The number of aromatic nitrogens is 2. The lowest BCUT2D eigenvalue weighted by atomic mass is 10.1. The summed E-state index contributed by atoms with van der Waals surface area (Å²) in [5, 5.41) is 4.73. The molecule has 0 atom stereocenters. The summed E-state index contributed by atoms with van der Waals surface area (Å²) in [5.41, 5.74) is 4.07. The zero-order chi connectivity index (χ0) is 24.7. The predicted octanol–water partition coefficient (Wildman–Crippen LogP) is 6.51. The minimum absolute atomic E-state index is 0.159. The van der Waals surface area contributed by atoms with Crippen molar-refractivity contribution < 1.29 is 13.6 Å². The third-order valence-electron chi connectivity index (χ3n) is 5.74. The van der Waals surface area contributed by atoms with Gasteiger partial charge in [0, 0.05) is 29.9 Å². The Labute approximate surface area is 208 Å². The summed E-state index contributed by atoms with van der Waals surface area (Å²) in [6.07, 6.45) is 6.77. The van der Waals surface area contributed by atoms with Crippen molar-refractivity contribution in [3.8, 4) is 16.9 Å². The zero-order valence-electron chi connectivity index (χ0n) is 19.5. The van der Waals surface area contributed by atoms with Crippen LogP contribution in [0.5, 0.6) is 0 Å². The summed E-state index contributed by atoms with van der Waals surface area (Å²) in [7, 11) is 0. The van der Waals surface area contributed by atoms with E-state index in [9.17, 15) is 9.18 Å². The van der Waals surface area contributed by atoms with Crippen molar-refractivity contribution in [3.05, 3.63) is 138 Å². The molecule has 5 nitrogen and oxygen atoms in total. The van der Waals surface area contributed by atoms with E-state index in [4.69, 9.17) is 9.52 Å². The molecule has 0 fully saturated rings. The van der Waals surface area contributed by atoms with Crippen LogP contribution in [0, 0.1) is 5.82 Å². The van der Waals surface area contributed by atoms with E-state index in [-0.39, 0.29) is 11.7 Å². The molecule has 36 heavy (non-hydrogen) atoms. The molecular formula is C30H24FN3O2. The highest BCUT2D eigenvalue weighted by Crippen LogP contribution is 2.25. The molecule has 1 amide bonds. The van der Waals surface area contributed by atoms with Gasteiger partial charge in [0.25, 0.3) is 0 Å². The Morgan fingerprint density at radius 1 is 0.889 bits per heavy atom. The summed E-state index contributed by atoms with van der Waals surface area (Å²) < 4.78 is 20.8. The highest BCUT2D eigenvalue weighted by atomic mass is 19.1. The topological polar surface area (TPSA) is 51.3 Å². The highest BCUT2D eigenvalue weighted by molar-refractivity contribution is 5.92. The first kappa shape index (κ1) is 23.1. The molecule has 0 bridgehead atoms. The van der Waals surface area contributed by atoms with Gasteiger partial charge in [0.2, 0.25) is 5.91 Å². The number of furan rings is 1. The van der Waals surface area contributed by atoms with E-state index in [2.05, 4.69) is 0 Å². The lowest BCUT2D eigenvalue weighted by molar-refractivity contribution is -0.127. The number of carbonyl (C=O) groups excluding carboxylic acids is 1. The number of rotatable bonds is 8. The summed E-state index contributed by atoms with van der Waals surface area (Å²) in [6.45, 7) is 0.790. The van der Waals surface area contributed by atoms with Crippen LogP contribution in [0.1, 0.15) is 16.9 Å². The minimum atomic E-state index is -0.317. The second-order valence-electron chi connectivity index (χ2n) is 8.31. The Bertz CT molecular complexity index is 1440. The molecule has 2 heterocycles. The maximum Gasteiger partial charge on any atom is 0.247 e. The van der Waals surface area contributed by atoms with Crippen LogP contribution in [0.4, 0.5) is 4.39 Å². The van der Waals surface area contributed by atoms with Gasteiger partial charge in [-0.1, -0.05) is 48.5 Å². The van der Waals surface area contributed by atoms with Crippen LogP contribution in [-0.2, 0) is 17.9 Å². The standard InChI is InChI=1S/C30H24FN3O2/c31-26-16-13-24(14-17-26)30-25(21-34(32-30)27-10-5-2-6-11-27)15-18-29(35)33(22-28-12-7-19-36-28)20-23-8-3-1-4-9-23/h1-19,21H,20,22H2/b18-15+. The van der Waals surface area contributed by atoms with Gasteiger partial charge in [-0.15, -0.1) is 0 Å². The van der Waals surface area contributed by atoms with E-state index in [0.29, 0.717) is 24.5 Å². The number of benzene rings is 3. The van der Waals surface area contributed by atoms with Gasteiger partial charge >= 0.3 is 0 Å². The third kappa shape index (κ3) is 5.50. The molecule has 5 aromatic rings. The van der Waals surface area contributed by atoms with Crippen LogP contribution >= 0.6 is 0 Å². The highest BCUT2D eigenvalue weighted by Gasteiger charge is 2.15. The molecule has 0 aliphatic rings. The second kappa shape index (κ2) is 10.7. The monoisotopic (exact) mass is 477 g/mol. The molecule has 0 aliphatic carbocycles. The fourth-order valence-electron chi connectivity index (χ4n) is 3.93. The first-order valence-electron chi connectivity index (χ1n) is 11.6. The van der Waals surface area contributed by atoms with Gasteiger partial charge in [0.15, 0.2) is 0 Å². The number of halogens is 1. The summed E-state index contributed by atoms with van der Waals surface area (Å²) in [4.78, 5) is 15.1. The predicted molar refractivity (Wildman–Crippen MR) is 137 cm³/mol. The normalized spacial score (nSPS) is 11.1. The summed E-state index contributed by atoms with van der Waals surface area (Å²) >= 11 is 0. The van der Waals surface area contributed by atoms with Crippen LogP contribution in [-0.4, -0.2) is 20.6 Å². The molecule has 0 spiro atoms. The van der Waals surface area contributed by atoms with E-state index >= 15 is 0 Å². The van der Waals surface area contributed by atoms with Crippen molar-refractivity contribution in [3.63, 3.8) is 0 Å². The fraction of sp³-hybridized carbons (Fsp3) is 0.0667. The smallest absolute Gasteiger partial charge is 0.247 e. The van der Waals surface area contributed by atoms with Gasteiger partial charge in [-0.2, -0.15) is 5.10 Å². The molecule has 6 heteroatoms. The molecule has 0 saturated carbocycles. The van der Waals surface area contributed by atoms with Crippen LogP contribution in [0.3, 0.4) is 0 Å². The van der Waals surface area contributed by atoms with Gasteiger partial charge in [0.1, 0.15) is 11.6 Å².